The van der Waals surface area contributed by atoms with Crippen molar-refractivity contribution in [3.63, 3.8) is 0 Å². The van der Waals surface area contributed by atoms with E-state index in [1.807, 2.05) is 86.5 Å². The molecule has 0 fully saturated rings. The molecule has 252 valence electrons. The van der Waals surface area contributed by atoms with Gasteiger partial charge in [-0.05, 0) is 54.3 Å². The fourth-order valence-electron chi connectivity index (χ4n) is 6.84. The maximum Gasteiger partial charge on any atom is 0.307 e. The molecule has 12 heteroatoms. The minimum absolute atomic E-state index is 0.0498. The number of carboxylic acids is 2. The zero-order valence-electron chi connectivity index (χ0n) is 27.8. The Balaban J connectivity index is 1.49. The van der Waals surface area contributed by atoms with Gasteiger partial charge in [-0.1, -0.05) is 50.3 Å². The molecular weight excluding hydrogens is 628 g/mol. The second kappa shape index (κ2) is 12.9. The van der Waals surface area contributed by atoms with Crippen LogP contribution in [0.1, 0.15) is 55.5 Å². The average molecular weight is 666 g/mol. The van der Waals surface area contributed by atoms with E-state index in [1.54, 1.807) is 6.07 Å². The van der Waals surface area contributed by atoms with Gasteiger partial charge in [-0.2, -0.15) is 4.58 Å². The number of aliphatic carboxylic acids is 2. The molecule has 0 radical (unpaired) electrons. The number of fused-ring (bicyclic) bond motifs is 2. The number of hydrogen-bond donors (Lipinski definition) is 2. The lowest BCUT2D eigenvalue weighted by Gasteiger charge is -2.27. The monoisotopic (exact) mass is 665 g/mol. The van der Waals surface area contributed by atoms with Crippen LogP contribution in [0.5, 0.6) is 0 Å². The molecule has 2 aliphatic heterocycles. The van der Waals surface area contributed by atoms with Crippen molar-refractivity contribution < 1.29 is 34.2 Å². The second-order valence-electron chi connectivity index (χ2n) is 13.3. The summed E-state index contributed by atoms with van der Waals surface area (Å²) in [5.74, 6) is -1.84. The fraction of sp³-hybridized carbons (Fsp3) is 0.270. The van der Waals surface area contributed by atoms with Crippen molar-refractivity contribution in [2.24, 2.45) is 0 Å². The van der Waals surface area contributed by atoms with Crippen LogP contribution in [0.3, 0.4) is 0 Å². The van der Waals surface area contributed by atoms with E-state index in [9.17, 15) is 40.0 Å². The van der Waals surface area contributed by atoms with Crippen molar-refractivity contribution in [3.8, 4) is 0 Å². The van der Waals surface area contributed by atoms with E-state index < -0.39 is 27.2 Å². The van der Waals surface area contributed by atoms with Crippen molar-refractivity contribution in [3.05, 3.63) is 139 Å². The molecule has 0 saturated heterocycles. The number of carbonyl (C=O) groups is 2. The Bertz CT molecular complexity index is 2000. The molecule has 0 unspecified atom stereocenters. The van der Waals surface area contributed by atoms with Crippen LogP contribution < -0.4 is 4.90 Å². The van der Waals surface area contributed by atoms with Gasteiger partial charge in [0.1, 0.15) is 7.05 Å². The summed E-state index contributed by atoms with van der Waals surface area (Å²) in [7, 11) is 1.98. The minimum Gasteiger partial charge on any atom is -0.481 e. The Kier molecular flexibility index (Phi) is 9.10. The smallest absolute Gasteiger partial charge is 0.307 e. The molecule has 0 saturated carbocycles. The number of benzene rings is 3. The number of anilines is 1. The molecule has 0 spiro atoms. The number of non-ortho nitro benzene ring substituents is 2. The summed E-state index contributed by atoms with van der Waals surface area (Å²) in [5, 5.41) is 41.9. The summed E-state index contributed by atoms with van der Waals surface area (Å²) in [5.41, 5.74) is 5.54. The number of nitro benzene ring substituents is 2. The Morgan fingerprint density at radius 2 is 1.35 bits per heavy atom. The number of nitro groups is 2. The van der Waals surface area contributed by atoms with Gasteiger partial charge in [-0.25, -0.2) is 0 Å². The maximum absolute atomic E-state index is 11.6. The normalized spacial score (nSPS) is 16.8. The van der Waals surface area contributed by atoms with E-state index in [1.165, 1.54) is 12.1 Å². The summed E-state index contributed by atoms with van der Waals surface area (Å²) in [6.45, 7) is 8.30. The summed E-state index contributed by atoms with van der Waals surface area (Å²) >= 11 is 0. The van der Waals surface area contributed by atoms with Crippen LogP contribution >= 0.6 is 0 Å². The van der Waals surface area contributed by atoms with E-state index in [-0.39, 0.29) is 36.2 Å². The van der Waals surface area contributed by atoms with Gasteiger partial charge in [0.15, 0.2) is 5.71 Å². The summed E-state index contributed by atoms with van der Waals surface area (Å²) in [6.07, 6.45) is 9.41. The van der Waals surface area contributed by atoms with Crippen LogP contribution in [0.2, 0.25) is 0 Å². The number of hydrogen-bond acceptors (Lipinski definition) is 7. The van der Waals surface area contributed by atoms with Crippen LogP contribution in [0.25, 0.3) is 0 Å². The first kappa shape index (κ1) is 34.4. The highest BCUT2D eigenvalue weighted by Gasteiger charge is 2.43. The predicted octanol–water partition coefficient (Wildman–Crippen LogP) is 6.76. The molecule has 49 heavy (non-hydrogen) atoms. The van der Waals surface area contributed by atoms with Crippen molar-refractivity contribution >= 4 is 40.4 Å². The predicted molar refractivity (Wildman–Crippen MR) is 185 cm³/mol. The van der Waals surface area contributed by atoms with Crippen LogP contribution in [-0.2, 0) is 39.8 Å². The first-order chi connectivity index (χ1) is 23.0. The Labute approximate surface area is 282 Å². The van der Waals surface area contributed by atoms with Gasteiger partial charge in [-0.15, -0.1) is 0 Å². The van der Waals surface area contributed by atoms with Crippen LogP contribution in [0.4, 0.5) is 22.7 Å². The van der Waals surface area contributed by atoms with E-state index in [2.05, 4.69) is 18.4 Å². The van der Waals surface area contributed by atoms with Crippen molar-refractivity contribution in [2.75, 3.05) is 11.9 Å². The van der Waals surface area contributed by atoms with Gasteiger partial charge in [0.2, 0.25) is 5.69 Å². The van der Waals surface area contributed by atoms with Gasteiger partial charge in [0.25, 0.3) is 11.4 Å². The molecule has 5 rings (SSSR count). The molecule has 2 aliphatic rings. The van der Waals surface area contributed by atoms with Crippen LogP contribution in [-0.4, -0.2) is 49.3 Å². The Hall–Kier alpha value is -5.91. The average Bonchev–Trinajstić information content (AvgIpc) is 3.33. The molecule has 0 aromatic heterocycles. The summed E-state index contributed by atoms with van der Waals surface area (Å²) in [4.78, 5) is 46.6. The summed E-state index contributed by atoms with van der Waals surface area (Å²) < 4.78 is 2.09. The van der Waals surface area contributed by atoms with Crippen LogP contribution in [0, 0.1) is 20.2 Å². The molecule has 2 heterocycles. The maximum atomic E-state index is 11.6. The zero-order chi connectivity index (χ0) is 35.8. The third-order valence-electron chi connectivity index (χ3n) is 9.22. The highest BCUT2D eigenvalue weighted by atomic mass is 16.6. The third kappa shape index (κ3) is 6.75. The zero-order valence-corrected chi connectivity index (χ0v) is 27.8. The van der Waals surface area contributed by atoms with E-state index in [0.717, 1.165) is 45.5 Å². The lowest BCUT2D eigenvalue weighted by Crippen LogP contribution is -2.26. The van der Waals surface area contributed by atoms with E-state index >= 15 is 0 Å². The van der Waals surface area contributed by atoms with Gasteiger partial charge < -0.3 is 15.1 Å². The second-order valence-corrected chi connectivity index (χ2v) is 13.3. The Morgan fingerprint density at radius 1 is 0.776 bits per heavy atom. The standard InChI is InChI=1S/C37H36N4O8/c1-36(2)28-17-23(19-34(42)43)11-13-30(28)38(5)32(36)9-7-6-8-10-33-37(3,4)29-18-24(20-35(44)45)12-14-31(29)39(33)22-25-15-26(40(46)47)21-27(16-25)41(48)49/h6-18,21H,19-20,22H2,1-5H3,(H-,42,43,44,45)/p+1. The first-order valence-corrected chi connectivity index (χ1v) is 15.6. The van der Waals surface area contributed by atoms with Crippen LogP contribution in [0.15, 0.2) is 90.7 Å². The first-order valence-electron chi connectivity index (χ1n) is 15.6. The third-order valence-corrected chi connectivity index (χ3v) is 9.22. The van der Waals surface area contributed by atoms with Crippen molar-refractivity contribution in [1.29, 1.82) is 0 Å². The highest BCUT2D eigenvalue weighted by molar-refractivity contribution is 6.03. The number of rotatable bonds is 11. The number of carboxylic acid groups (broad SMARTS) is 2. The van der Waals surface area contributed by atoms with Gasteiger partial charge in [0, 0.05) is 53.2 Å². The molecule has 0 bridgehead atoms. The van der Waals surface area contributed by atoms with Gasteiger partial charge in [0.05, 0.1) is 34.2 Å². The molecule has 0 atom stereocenters. The lowest BCUT2D eigenvalue weighted by molar-refractivity contribution is -0.401. The molecule has 3 aromatic carbocycles. The van der Waals surface area contributed by atoms with E-state index in [4.69, 9.17) is 0 Å². The molecule has 12 nitrogen and oxygen atoms in total. The molecule has 0 aliphatic carbocycles. The largest absolute Gasteiger partial charge is 0.481 e. The lowest BCUT2D eigenvalue weighted by atomic mass is 9.80. The summed E-state index contributed by atoms with van der Waals surface area (Å²) in [6, 6.07) is 14.7. The van der Waals surface area contributed by atoms with Gasteiger partial charge >= 0.3 is 11.9 Å². The highest BCUT2D eigenvalue weighted by Crippen LogP contribution is 2.49. The van der Waals surface area contributed by atoms with Crippen molar-refractivity contribution in [1.82, 2.24) is 0 Å². The quantitative estimate of drug-likeness (QED) is 0.0973. The molecule has 3 aromatic rings. The molecule has 2 N–H and O–H groups in total. The molecular formula is C37H37N4O8+. The fourth-order valence-corrected chi connectivity index (χ4v) is 6.84. The minimum atomic E-state index is -0.959. The number of allylic oxidation sites excluding steroid dienone is 6. The SMILES string of the molecule is C[N+]1=C(/C=C/C=C/C=C2/N(Cc3cc([N+](=O)[O-])cc([N+](=O)[O-])c3)c3ccc(CC(=O)O)cc3C2(C)C)C(C)(C)c2cc(CC(=O)O)ccc21. The number of nitrogens with zero attached hydrogens (tertiary/aromatic N) is 4. The Morgan fingerprint density at radius 3 is 1.92 bits per heavy atom. The topological polar surface area (TPSA) is 167 Å². The van der Waals surface area contributed by atoms with Crippen molar-refractivity contribution in [2.45, 2.75) is 57.9 Å². The molecule has 0 amide bonds. The van der Waals surface area contributed by atoms with Gasteiger partial charge in [-0.3, -0.25) is 29.8 Å². The van der Waals surface area contributed by atoms with E-state index in [0.29, 0.717) is 11.1 Å².